The van der Waals surface area contributed by atoms with Crippen LogP contribution in [0.15, 0.2) is 12.1 Å². The van der Waals surface area contributed by atoms with Crippen molar-refractivity contribution in [3.63, 3.8) is 0 Å². The van der Waals surface area contributed by atoms with Gasteiger partial charge in [0.25, 0.3) is 0 Å². The molecule has 0 aromatic rings. The molecule has 0 spiro atoms. The molecule has 0 radical (unpaired) electrons. The maximum atomic E-state index is 11.7. The Hall–Kier alpha value is 1.19. The molecule has 0 fully saturated rings. The Balaban J connectivity index is 0. The smallest absolute Gasteiger partial charge is 0.445 e. The van der Waals surface area contributed by atoms with Gasteiger partial charge < -0.3 is 18.7 Å². The van der Waals surface area contributed by atoms with Crippen molar-refractivity contribution < 1.29 is 64.3 Å². The third kappa shape index (κ3) is 7.55. The van der Waals surface area contributed by atoms with Gasteiger partial charge in [0.15, 0.2) is 0 Å². The molecule has 2 N–H and O–H groups in total. The van der Waals surface area contributed by atoms with Crippen LogP contribution in [0.3, 0.4) is 0 Å². The SMILES string of the molecule is C=C(CCCN)[B-](F)(F)F.[K+]. The molecular formula is C5H10BF3KN. The molecule has 0 saturated carbocycles. The Kier molecular flexibility index (Phi) is 8.93. The van der Waals surface area contributed by atoms with Crippen LogP contribution in [0.25, 0.3) is 0 Å². The molecule has 60 valence electrons. The first kappa shape index (κ1) is 14.7. The summed E-state index contributed by atoms with van der Waals surface area (Å²) in [6, 6.07) is 0. The monoisotopic (exact) mass is 191 g/mol. The van der Waals surface area contributed by atoms with E-state index in [0.29, 0.717) is 6.42 Å². The van der Waals surface area contributed by atoms with E-state index < -0.39 is 12.4 Å². The van der Waals surface area contributed by atoms with Crippen molar-refractivity contribution in [1.29, 1.82) is 0 Å². The van der Waals surface area contributed by atoms with Crippen LogP contribution in [0, 0.1) is 0 Å². The molecule has 0 heterocycles. The molecule has 0 saturated heterocycles. The van der Waals surface area contributed by atoms with Crippen LogP contribution in [0.1, 0.15) is 12.8 Å². The van der Waals surface area contributed by atoms with Crippen molar-refractivity contribution in [2.75, 3.05) is 6.54 Å². The molecule has 0 amide bonds. The fraction of sp³-hybridized carbons (Fsp3) is 0.600. The van der Waals surface area contributed by atoms with Crippen LogP contribution >= 0.6 is 0 Å². The second-order valence-electron chi connectivity index (χ2n) is 2.13. The van der Waals surface area contributed by atoms with Gasteiger partial charge in [0.1, 0.15) is 0 Å². The van der Waals surface area contributed by atoms with Crippen LogP contribution in [0.4, 0.5) is 12.9 Å². The zero-order valence-corrected chi connectivity index (χ0v) is 9.74. The molecule has 0 aromatic heterocycles. The predicted octanol–water partition coefficient (Wildman–Crippen LogP) is -1.33. The second kappa shape index (κ2) is 6.68. The van der Waals surface area contributed by atoms with Crippen molar-refractivity contribution in [3.05, 3.63) is 12.1 Å². The van der Waals surface area contributed by atoms with E-state index in [2.05, 4.69) is 6.58 Å². The maximum Gasteiger partial charge on any atom is 1.00 e. The summed E-state index contributed by atoms with van der Waals surface area (Å²) in [4.78, 5) is 0. The third-order valence-electron chi connectivity index (χ3n) is 1.16. The third-order valence-corrected chi connectivity index (χ3v) is 1.16. The number of hydrogen-bond acceptors (Lipinski definition) is 1. The Morgan fingerprint density at radius 3 is 2.09 bits per heavy atom. The number of nitrogens with two attached hydrogens (primary N) is 1. The van der Waals surface area contributed by atoms with E-state index in [1.54, 1.807) is 0 Å². The van der Waals surface area contributed by atoms with E-state index in [-0.39, 0.29) is 64.4 Å². The predicted molar refractivity (Wildman–Crippen MR) is 36.5 cm³/mol. The van der Waals surface area contributed by atoms with Gasteiger partial charge in [-0.1, -0.05) is 6.42 Å². The molecule has 0 aliphatic rings. The van der Waals surface area contributed by atoms with Crippen LogP contribution in [-0.4, -0.2) is 13.5 Å². The molecular weight excluding hydrogens is 181 g/mol. The van der Waals surface area contributed by atoms with Gasteiger partial charge in [-0.15, -0.1) is 12.1 Å². The Morgan fingerprint density at radius 1 is 1.36 bits per heavy atom. The summed E-state index contributed by atoms with van der Waals surface area (Å²) >= 11 is 0. The van der Waals surface area contributed by atoms with Crippen molar-refractivity contribution in [2.24, 2.45) is 5.73 Å². The summed E-state index contributed by atoms with van der Waals surface area (Å²) in [6.07, 6.45) is 0.333. The number of rotatable bonds is 4. The van der Waals surface area contributed by atoms with Crippen LogP contribution in [0.5, 0.6) is 0 Å². The van der Waals surface area contributed by atoms with Crippen molar-refractivity contribution in [2.45, 2.75) is 12.8 Å². The zero-order chi connectivity index (χ0) is 8.20. The molecule has 0 rings (SSSR count). The molecule has 0 aliphatic heterocycles. The summed E-state index contributed by atoms with van der Waals surface area (Å²) in [6.45, 7) is -1.64. The first-order valence-corrected chi connectivity index (χ1v) is 3.06. The fourth-order valence-electron chi connectivity index (χ4n) is 0.493. The number of halogens is 3. The van der Waals surface area contributed by atoms with Crippen LogP contribution in [0.2, 0.25) is 0 Å². The summed E-state index contributed by atoms with van der Waals surface area (Å²) in [5.74, 6) is 0. The van der Waals surface area contributed by atoms with E-state index in [4.69, 9.17) is 5.73 Å². The molecule has 0 aromatic carbocycles. The van der Waals surface area contributed by atoms with E-state index >= 15 is 0 Å². The van der Waals surface area contributed by atoms with E-state index in [9.17, 15) is 12.9 Å². The van der Waals surface area contributed by atoms with Gasteiger partial charge >= 0.3 is 58.4 Å². The van der Waals surface area contributed by atoms with E-state index in [1.165, 1.54) is 0 Å². The van der Waals surface area contributed by atoms with Crippen molar-refractivity contribution in [3.8, 4) is 0 Å². The quantitative estimate of drug-likeness (QED) is 0.547. The van der Waals surface area contributed by atoms with Gasteiger partial charge in [0.2, 0.25) is 0 Å². The van der Waals surface area contributed by atoms with Gasteiger partial charge in [-0.2, -0.15) is 0 Å². The molecule has 6 heteroatoms. The molecule has 0 unspecified atom stereocenters. The van der Waals surface area contributed by atoms with Gasteiger partial charge in [-0.05, 0) is 13.0 Å². The standard InChI is InChI=1S/C5H10BF3N.K/c1-5(3-2-4-10)6(7,8)9;/h1-4,10H2;/q-1;+1. The first-order chi connectivity index (χ1) is 4.48. The summed E-state index contributed by atoms with van der Waals surface area (Å²) in [5, 5.41) is 0. The largest absolute Gasteiger partial charge is 1.00 e. The van der Waals surface area contributed by atoms with Crippen molar-refractivity contribution in [1.82, 2.24) is 0 Å². The Labute approximate surface area is 107 Å². The van der Waals surface area contributed by atoms with Crippen LogP contribution in [-0.2, 0) is 0 Å². The average molecular weight is 191 g/mol. The molecule has 0 aliphatic carbocycles. The maximum absolute atomic E-state index is 11.7. The zero-order valence-electron chi connectivity index (χ0n) is 6.62. The summed E-state index contributed by atoms with van der Waals surface area (Å²) in [7, 11) is 0. The Bertz CT molecular complexity index is 125. The van der Waals surface area contributed by atoms with E-state index in [0.717, 1.165) is 0 Å². The summed E-state index contributed by atoms with van der Waals surface area (Å²) in [5.41, 5.74) is 4.38. The number of allylic oxidation sites excluding steroid dienone is 1. The van der Waals surface area contributed by atoms with E-state index in [1.807, 2.05) is 0 Å². The minimum atomic E-state index is -4.83. The minimum absolute atomic E-state index is 0. The van der Waals surface area contributed by atoms with Gasteiger partial charge in [0.05, 0.1) is 0 Å². The molecule has 11 heavy (non-hydrogen) atoms. The molecule has 0 bridgehead atoms. The van der Waals surface area contributed by atoms with Gasteiger partial charge in [-0.25, -0.2) is 0 Å². The molecule has 0 atom stereocenters. The van der Waals surface area contributed by atoms with Gasteiger partial charge in [-0.3, -0.25) is 0 Å². The Morgan fingerprint density at radius 2 is 1.82 bits per heavy atom. The normalized spacial score (nSPS) is 10.5. The van der Waals surface area contributed by atoms with Crippen molar-refractivity contribution >= 4 is 6.98 Å². The average Bonchev–Trinajstić information content (AvgIpc) is 1.80. The van der Waals surface area contributed by atoms with Crippen LogP contribution < -0.4 is 57.1 Å². The fourth-order valence-corrected chi connectivity index (χ4v) is 0.493. The minimum Gasteiger partial charge on any atom is -0.445 e. The number of hydrogen-bond donors (Lipinski definition) is 1. The van der Waals surface area contributed by atoms with Gasteiger partial charge in [0, 0.05) is 0 Å². The topological polar surface area (TPSA) is 26.0 Å². The summed E-state index contributed by atoms with van der Waals surface area (Å²) < 4.78 is 35.1. The molecule has 1 nitrogen and oxygen atoms in total. The first-order valence-electron chi connectivity index (χ1n) is 3.06. The second-order valence-corrected chi connectivity index (χ2v) is 2.13.